The van der Waals surface area contributed by atoms with Crippen LogP contribution in [0.5, 0.6) is 11.5 Å². The number of benzene rings is 2. The van der Waals surface area contributed by atoms with Crippen LogP contribution in [0.1, 0.15) is 11.1 Å². The van der Waals surface area contributed by atoms with Gasteiger partial charge in [0, 0.05) is 0 Å². The molecule has 2 aromatic carbocycles. The van der Waals surface area contributed by atoms with Gasteiger partial charge in [-0.3, -0.25) is 10.2 Å². The number of nitrogens with zero attached hydrogens (tertiary/aromatic N) is 3. The molecule has 2 aliphatic rings. The fourth-order valence-electron chi connectivity index (χ4n) is 2.98. The Morgan fingerprint density at radius 2 is 1.87 bits per heavy atom. The molecule has 31 heavy (non-hydrogen) atoms. The molecule has 0 unspecified atom stereocenters. The van der Waals surface area contributed by atoms with E-state index in [2.05, 4.69) is 9.39 Å². The number of carbonyl (C=O) groups is 1. The molecular formula is C22H20N4O3S2. The molecule has 0 bridgehead atoms. The van der Waals surface area contributed by atoms with Gasteiger partial charge in [-0.2, -0.15) is 9.39 Å². The highest BCUT2D eigenvalue weighted by Crippen LogP contribution is 2.31. The average Bonchev–Trinajstić information content (AvgIpc) is 3.18. The largest absolute Gasteiger partial charge is 0.490 e. The first kappa shape index (κ1) is 21.2. The molecule has 158 valence electrons. The predicted octanol–water partition coefficient (Wildman–Crippen LogP) is 4.39. The summed E-state index contributed by atoms with van der Waals surface area (Å²) in [5.74, 6) is 1.17. The molecule has 0 fully saturated rings. The predicted molar refractivity (Wildman–Crippen MR) is 127 cm³/mol. The minimum atomic E-state index is -0.435. The zero-order valence-corrected chi connectivity index (χ0v) is 18.6. The summed E-state index contributed by atoms with van der Waals surface area (Å²) in [5.41, 5.74) is 2.16. The van der Waals surface area contributed by atoms with Gasteiger partial charge in [0.25, 0.3) is 5.91 Å². The van der Waals surface area contributed by atoms with Gasteiger partial charge in [0.1, 0.15) is 30.5 Å². The maximum Gasteiger partial charge on any atom is 0.283 e. The Morgan fingerprint density at radius 1 is 1.13 bits per heavy atom. The first-order valence-electron chi connectivity index (χ1n) is 9.50. The molecule has 4 rings (SSSR count). The quantitative estimate of drug-likeness (QED) is 0.397. The number of hydrogen-bond acceptors (Lipinski definition) is 7. The number of thioether (sulfide) groups is 1. The van der Waals surface area contributed by atoms with Crippen molar-refractivity contribution in [3.05, 3.63) is 65.2 Å². The van der Waals surface area contributed by atoms with Crippen LogP contribution in [-0.2, 0) is 4.79 Å². The Morgan fingerprint density at radius 3 is 2.58 bits per heavy atom. The van der Waals surface area contributed by atoms with E-state index >= 15 is 0 Å². The first-order valence-corrected chi connectivity index (χ1v) is 11.5. The normalized spacial score (nSPS) is 16.8. The second-order valence-corrected chi connectivity index (χ2v) is 8.20. The van der Waals surface area contributed by atoms with Gasteiger partial charge >= 0.3 is 0 Å². The van der Waals surface area contributed by atoms with Crippen molar-refractivity contribution in [2.45, 2.75) is 6.92 Å². The lowest BCUT2D eigenvalue weighted by Crippen LogP contribution is -2.41. The first-order chi connectivity index (χ1) is 15.0. The second kappa shape index (κ2) is 9.40. The van der Waals surface area contributed by atoms with E-state index in [9.17, 15) is 4.79 Å². The van der Waals surface area contributed by atoms with Gasteiger partial charge in [0.05, 0.1) is 17.5 Å². The van der Waals surface area contributed by atoms with Crippen LogP contribution in [0.15, 0.2) is 63.5 Å². The number of aliphatic imine (C=N–C) groups is 1. The highest BCUT2D eigenvalue weighted by molar-refractivity contribution is 8.18. The summed E-state index contributed by atoms with van der Waals surface area (Å²) in [7, 11) is 0. The van der Waals surface area contributed by atoms with E-state index < -0.39 is 5.91 Å². The van der Waals surface area contributed by atoms with Crippen LogP contribution in [0.2, 0.25) is 0 Å². The van der Waals surface area contributed by atoms with E-state index in [1.165, 1.54) is 11.8 Å². The molecule has 9 heteroatoms. The summed E-state index contributed by atoms with van der Waals surface area (Å²) in [5, 5.41) is 9.50. The minimum Gasteiger partial charge on any atom is -0.490 e. The summed E-state index contributed by atoms with van der Waals surface area (Å²) in [6.45, 7) is 2.88. The Bertz CT molecular complexity index is 1110. The van der Waals surface area contributed by atoms with Crippen LogP contribution < -0.4 is 9.47 Å². The van der Waals surface area contributed by atoms with E-state index in [1.54, 1.807) is 11.0 Å². The number of amides is 1. The SMILES string of the molecule is CSC1=NSC2=NC(=O)/C(=C\c3ccc(OCCOc4cccc(C)c4)cc3)C(=N)N12. The van der Waals surface area contributed by atoms with Gasteiger partial charge in [0.15, 0.2) is 5.17 Å². The van der Waals surface area contributed by atoms with Crippen molar-refractivity contribution in [1.82, 2.24) is 4.90 Å². The van der Waals surface area contributed by atoms with Crippen molar-refractivity contribution in [1.29, 1.82) is 5.41 Å². The number of ether oxygens (including phenoxy) is 2. The summed E-state index contributed by atoms with van der Waals surface area (Å²) >= 11 is 2.52. The number of aryl methyl sites for hydroxylation is 1. The topological polar surface area (TPSA) is 87.3 Å². The number of hydrogen-bond donors (Lipinski definition) is 1. The standard InChI is InChI=1S/C22H20N4O3S2/c1-14-4-3-5-17(12-14)29-11-10-28-16-8-6-15(7-9-16)13-18-19(23)26-21(24-20(18)27)31-25-22(26)30-2/h3-9,12-13,23H,10-11H2,1-2H3/b18-13-,23-19?. The van der Waals surface area contributed by atoms with Crippen LogP contribution in [-0.4, -0.2) is 46.4 Å². The monoisotopic (exact) mass is 452 g/mol. The number of amidine groups is 3. The Kier molecular flexibility index (Phi) is 6.43. The number of nitrogens with one attached hydrogen (secondary N) is 1. The lowest BCUT2D eigenvalue weighted by molar-refractivity contribution is -0.114. The smallest absolute Gasteiger partial charge is 0.283 e. The molecule has 7 nitrogen and oxygen atoms in total. The lowest BCUT2D eigenvalue weighted by atomic mass is 10.1. The van der Waals surface area contributed by atoms with Crippen LogP contribution in [0.3, 0.4) is 0 Å². The van der Waals surface area contributed by atoms with Crippen molar-refractivity contribution in [2.75, 3.05) is 19.5 Å². The van der Waals surface area contributed by atoms with Crippen molar-refractivity contribution >= 4 is 51.9 Å². The molecule has 2 aliphatic heterocycles. The zero-order valence-electron chi connectivity index (χ0n) is 17.0. The fraction of sp³-hybridized carbons (Fsp3) is 0.182. The summed E-state index contributed by atoms with van der Waals surface area (Å²) in [6.07, 6.45) is 3.54. The fourth-order valence-corrected chi connectivity index (χ4v) is 4.44. The van der Waals surface area contributed by atoms with Gasteiger partial charge in [0.2, 0.25) is 5.17 Å². The van der Waals surface area contributed by atoms with Crippen molar-refractivity contribution in [2.24, 2.45) is 9.39 Å². The van der Waals surface area contributed by atoms with Crippen molar-refractivity contribution < 1.29 is 14.3 Å². The van der Waals surface area contributed by atoms with E-state index in [-0.39, 0.29) is 11.4 Å². The third kappa shape index (κ3) is 4.83. The molecule has 0 spiro atoms. The third-order valence-corrected chi connectivity index (χ3v) is 5.93. The highest BCUT2D eigenvalue weighted by atomic mass is 32.2. The van der Waals surface area contributed by atoms with Crippen LogP contribution in [0.25, 0.3) is 6.08 Å². The Labute approximate surface area is 188 Å². The highest BCUT2D eigenvalue weighted by Gasteiger charge is 2.36. The molecule has 1 N–H and O–H groups in total. The van der Waals surface area contributed by atoms with Gasteiger partial charge in [-0.05, 0) is 54.6 Å². The molecule has 2 aromatic rings. The van der Waals surface area contributed by atoms with E-state index in [0.29, 0.717) is 29.3 Å². The molecule has 0 saturated carbocycles. The summed E-state index contributed by atoms with van der Waals surface area (Å²) < 4.78 is 15.6. The Hall–Kier alpha value is -3.04. The van der Waals surface area contributed by atoms with Gasteiger partial charge in [-0.15, -0.1) is 0 Å². The van der Waals surface area contributed by atoms with E-state index in [4.69, 9.17) is 14.9 Å². The molecule has 0 saturated heterocycles. The maximum atomic E-state index is 12.4. The van der Waals surface area contributed by atoms with Crippen LogP contribution >= 0.6 is 23.7 Å². The van der Waals surface area contributed by atoms with E-state index in [0.717, 1.165) is 28.8 Å². The molecule has 0 aliphatic carbocycles. The summed E-state index contributed by atoms with van der Waals surface area (Å²) in [4.78, 5) is 18.0. The van der Waals surface area contributed by atoms with Gasteiger partial charge < -0.3 is 9.47 Å². The van der Waals surface area contributed by atoms with Crippen molar-refractivity contribution in [3.8, 4) is 11.5 Å². The molecule has 0 radical (unpaired) electrons. The van der Waals surface area contributed by atoms with Gasteiger partial charge in [-0.1, -0.05) is 36.0 Å². The van der Waals surface area contributed by atoms with Gasteiger partial charge in [-0.25, -0.2) is 4.90 Å². The number of fused-ring (bicyclic) bond motifs is 1. The molecule has 2 heterocycles. The number of carbonyl (C=O) groups excluding carboxylic acids is 1. The van der Waals surface area contributed by atoms with Crippen LogP contribution in [0, 0.1) is 12.3 Å². The maximum absolute atomic E-state index is 12.4. The molecule has 0 atom stereocenters. The lowest BCUT2D eigenvalue weighted by Gasteiger charge is -2.23. The molecule has 0 aromatic heterocycles. The van der Waals surface area contributed by atoms with Crippen LogP contribution in [0.4, 0.5) is 0 Å². The molecule has 1 amide bonds. The summed E-state index contributed by atoms with van der Waals surface area (Å²) in [6, 6.07) is 15.2. The average molecular weight is 453 g/mol. The van der Waals surface area contributed by atoms with Crippen molar-refractivity contribution in [3.63, 3.8) is 0 Å². The third-order valence-electron chi connectivity index (χ3n) is 4.48. The minimum absolute atomic E-state index is 0.0849. The zero-order chi connectivity index (χ0) is 21.8. The molecular weight excluding hydrogens is 432 g/mol. The number of rotatable bonds is 6. The second-order valence-electron chi connectivity index (χ2n) is 6.69. The Balaban J connectivity index is 1.37. The van der Waals surface area contributed by atoms with E-state index in [1.807, 2.05) is 61.7 Å².